The summed E-state index contributed by atoms with van der Waals surface area (Å²) in [6, 6.07) is 7.43. The van der Waals surface area contributed by atoms with Crippen molar-refractivity contribution < 1.29 is 0 Å². The molecule has 1 aliphatic carbocycles. The van der Waals surface area contributed by atoms with Crippen molar-refractivity contribution >= 4 is 0 Å². The standard InChI is InChI=1S/C20H33N/c1-14-7-12-18(15(2)13-14)19(21-6)16-8-10-17(11-9-16)20(3,4)5/h7,12-13,16-17,19,21H,8-11H2,1-6H3. The summed E-state index contributed by atoms with van der Waals surface area (Å²) in [6.07, 6.45) is 5.50. The number of rotatable bonds is 3. The molecule has 0 bridgehead atoms. The van der Waals surface area contributed by atoms with Gasteiger partial charge < -0.3 is 5.32 Å². The molecule has 0 aliphatic heterocycles. The van der Waals surface area contributed by atoms with Crippen LogP contribution in [-0.4, -0.2) is 7.05 Å². The van der Waals surface area contributed by atoms with Gasteiger partial charge in [0, 0.05) is 6.04 Å². The van der Waals surface area contributed by atoms with Crippen molar-refractivity contribution in [3.05, 3.63) is 34.9 Å². The second-order valence-corrected chi connectivity index (χ2v) is 8.10. The number of benzene rings is 1. The molecule has 0 radical (unpaired) electrons. The van der Waals surface area contributed by atoms with Crippen molar-refractivity contribution in [3.8, 4) is 0 Å². The molecular formula is C20H33N. The molecule has 1 nitrogen and oxygen atoms in total. The Balaban J connectivity index is 2.09. The van der Waals surface area contributed by atoms with Crippen LogP contribution in [0.1, 0.15) is 69.2 Å². The van der Waals surface area contributed by atoms with Crippen molar-refractivity contribution in [2.24, 2.45) is 17.3 Å². The Morgan fingerprint density at radius 1 is 1.05 bits per heavy atom. The molecule has 1 heteroatoms. The summed E-state index contributed by atoms with van der Waals surface area (Å²) < 4.78 is 0. The van der Waals surface area contributed by atoms with Gasteiger partial charge in [0.2, 0.25) is 0 Å². The van der Waals surface area contributed by atoms with Gasteiger partial charge in [-0.2, -0.15) is 0 Å². The van der Waals surface area contributed by atoms with Gasteiger partial charge in [0.25, 0.3) is 0 Å². The van der Waals surface area contributed by atoms with Crippen LogP contribution < -0.4 is 5.32 Å². The number of hydrogen-bond donors (Lipinski definition) is 1. The maximum atomic E-state index is 3.60. The molecule has 1 aromatic carbocycles. The van der Waals surface area contributed by atoms with E-state index in [-0.39, 0.29) is 0 Å². The monoisotopic (exact) mass is 287 g/mol. The van der Waals surface area contributed by atoms with E-state index in [1.54, 1.807) is 0 Å². The summed E-state index contributed by atoms with van der Waals surface area (Å²) in [7, 11) is 2.12. The first-order chi connectivity index (χ1) is 9.82. The van der Waals surface area contributed by atoms with E-state index in [0.717, 1.165) is 11.8 Å². The minimum Gasteiger partial charge on any atom is -0.313 e. The Morgan fingerprint density at radius 2 is 1.67 bits per heavy atom. The summed E-state index contributed by atoms with van der Waals surface area (Å²) in [4.78, 5) is 0. The van der Waals surface area contributed by atoms with Gasteiger partial charge in [-0.05, 0) is 75.0 Å². The van der Waals surface area contributed by atoms with E-state index in [0.29, 0.717) is 11.5 Å². The molecule has 1 N–H and O–H groups in total. The average molecular weight is 287 g/mol. The first kappa shape index (κ1) is 16.5. The molecule has 1 aliphatic rings. The Bertz CT molecular complexity index is 461. The summed E-state index contributed by atoms with van der Waals surface area (Å²) >= 11 is 0. The van der Waals surface area contributed by atoms with Crippen LogP contribution in [0, 0.1) is 31.1 Å². The highest BCUT2D eigenvalue weighted by atomic mass is 14.9. The minimum atomic E-state index is 0.472. The first-order valence-electron chi connectivity index (χ1n) is 8.57. The van der Waals surface area contributed by atoms with Crippen LogP contribution in [-0.2, 0) is 0 Å². The van der Waals surface area contributed by atoms with Crippen molar-refractivity contribution in [1.29, 1.82) is 0 Å². The van der Waals surface area contributed by atoms with Crippen LogP contribution in [0.3, 0.4) is 0 Å². The highest BCUT2D eigenvalue weighted by molar-refractivity contribution is 5.33. The van der Waals surface area contributed by atoms with E-state index in [1.165, 1.54) is 42.4 Å². The quantitative estimate of drug-likeness (QED) is 0.783. The van der Waals surface area contributed by atoms with Crippen molar-refractivity contribution in [2.75, 3.05) is 7.05 Å². The summed E-state index contributed by atoms with van der Waals surface area (Å²) in [6.45, 7) is 11.6. The van der Waals surface area contributed by atoms with E-state index in [1.807, 2.05) is 0 Å². The summed E-state index contributed by atoms with van der Waals surface area (Å²) in [5.41, 5.74) is 4.78. The lowest BCUT2D eigenvalue weighted by molar-refractivity contribution is 0.134. The molecule has 0 aromatic heterocycles. The third-order valence-electron chi connectivity index (χ3n) is 5.54. The summed E-state index contributed by atoms with van der Waals surface area (Å²) in [5, 5.41) is 3.60. The van der Waals surface area contributed by atoms with E-state index in [9.17, 15) is 0 Å². The third kappa shape index (κ3) is 3.88. The molecule has 0 amide bonds. The molecule has 21 heavy (non-hydrogen) atoms. The predicted molar refractivity (Wildman–Crippen MR) is 92.6 cm³/mol. The molecule has 1 unspecified atom stereocenters. The van der Waals surface area contributed by atoms with Crippen molar-refractivity contribution in [1.82, 2.24) is 5.32 Å². The van der Waals surface area contributed by atoms with Crippen molar-refractivity contribution in [2.45, 2.75) is 66.3 Å². The minimum absolute atomic E-state index is 0.472. The van der Waals surface area contributed by atoms with E-state index < -0.39 is 0 Å². The number of hydrogen-bond acceptors (Lipinski definition) is 1. The van der Waals surface area contributed by atoms with Crippen LogP contribution in [0.2, 0.25) is 0 Å². The van der Waals surface area contributed by atoms with Crippen LogP contribution in [0.5, 0.6) is 0 Å². The zero-order chi connectivity index (χ0) is 15.6. The average Bonchev–Trinajstić information content (AvgIpc) is 2.41. The molecule has 1 saturated carbocycles. The van der Waals surface area contributed by atoms with Gasteiger partial charge in [-0.25, -0.2) is 0 Å². The second-order valence-electron chi connectivity index (χ2n) is 8.10. The Hall–Kier alpha value is -0.820. The normalized spacial score (nSPS) is 24.9. The molecule has 1 atom stereocenters. The zero-order valence-corrected chi connectivity index (χ0v) is 14.8. The maximum absolute atomic E-state index is 3.60. The fourth-order valence-electron chi connectivity index (χ4n) is 4.14. The Morgan fingerprint density at radius 3 is 2.14 bits per heavy atom. The SMILES string of the molecule is CNC(c1ccc(C)cc1C)C1CCC(C(C)(C)C)CC1. The van der Waals surface area contributed by atoms with Gasteiger partial charge in [-0.1, -0.05) is 44.5 Å². The molecule has 1 fully saturated rings. The number of nitrogens with one attached hydrogen (secondary N) is 1. The van der Waals surface area contributed by atoms with Gasteiger partial charge >= 0.3 is 0 Å². The van der Waals surface area contributed by atoms with Crippen LogP contribution in [0.15, 0.2) is 18.2 Å². The fourth-order valence-corrected chi connectivity index (χ4v) is 4.14. The lowest BCUT2D eigenvalue weighted by Crippen LogP contribution is -2.32. The lowest BCUT2D eigenvalue weighted by atomic mass is 9.68. The Kier molecular flexibility index (Phi) is 5.14. The van der Waals surface area contributed by atoms with Gasteiger partial charge in [-0.15, -0.1) is 0 Å². The topological polar surface area (TPSA) is 12.0 Å². The third-order valence-corrected chi connectivity index (χ3v) is 5.54. The van der Waals surface area contributed by atoms with Gasteiger partial charge in [0.1, 0.15) is 0 Å². The molecule has 118 valence electrons. The fraction of sp³-hybridized carbons (Fsp3) is 0.700. The van der Waals surface area contributed by atoms with Crippen LogP contribution in [0.25, 0.3) is 0 Å². The molecule has 0 spiro atoms. The highest BCUT2D eigenvalue weighted by Gasteiger charge is 2.33. The molecule has 2 rings (SSSR count). The van der Waals surface area contributed by atoms with E-state index in [4.69, 9.17) is 0 Å². The second kappa shape index (κ2) is 6.52. The molecular weight excluding hydrogens is 254 g/mol. The highest BCUT2D eigenvalue weighted by Crippen LogP contribution is 2.43. The maximum Gasteiger partial charge on any atom is 0.0348 e. The smallest absolute Gasteiger partial charge is 0.0348 e. The number of aryl methyl sites for hydroxylation is 2. The predicted octanol–water partition coefficient (Wildman–Crippen LogP) is 5.42. The van der Waals surface area contributed by atoms with E-state index >= 15 is 0 Å². The van der Waals surface area contributed by atoms with Crippen LogP contribution in [0.4, 0.5) is 0 Å². The summed E-state index contributed by atoms with van der Waals surface area (Å²) in [5.74, 6) is 1.68. The zero-order valence-electron chi connectivity index (χ0n) is 14.8. The Labute approximate surface area is 131 Å². The molecule has 1 aromatic rings. The van der Waals surface area contributed by atoms with Gasteiger partial charge in [0.05, 0.1) is 0 Å². The first-order valence-corrected chi connectivity index (χ1v) is 8.57. The van der Waals surface area contributed by atoms with Gasteiger partial charge in [-0.3, -0.25) is 0 Å². The largest absolute Gasteiger partial charge is 0.313 e. The van der Waals surface area contributed by atoms with E-state index in [2.05, 4.69) is 65.2 Å². The molecule has 0 saturated heterocycles. The van der Waals surface area contributed by atoms with Crippen molar-refractivity contribution in [3.63, 3.8) is 0 Å². The lowest BCUT2D eigenvalue weighted by Gasteiger charge is -2.40. The van der Waals surface area contributed by atoms with Crippen LogP contribution >= 0.6 is 0 Å². The van der Waals surface area contributed by atoms with Gasteiger partial charge in [0.15, 0.2) is 0 Å². The molecule has 0 heterocycles.